The molecule has 8 aromatic carbocycles. The van der Waals surface area contributed by atoms with E-state index >= 15 is 0 Å². The fourth-order valence-electron chi connectivity index (χ4n) is 18.8. The number of ether oxygens (including phenoxy) is 7. The lowest BCUT2D eigenvalue weighted by molar-refractivity contribution is 0.171. The average molecular weight is 1940 g/mol. The largest absolute Gasteiger partial charge is 0.497 e. The smallest absolute Gasteiger partial charge is 0.316 e. The standard InChI is InChI=1S/C29H29N5O4.C28H32N6O2.C28H30N4O4.C28H34N4O2/c35-29-28(38-21-23-5-4-10-30-18-23)25(19-31-34(29)24-6-2-1-3-7-24)33-13-11-32(12-14-33)20-22-8-9-26-27(17-22)37-16-15-36-26;1-3-33-22(2)24(18-29-33)20-31-14-16-32(17-15-31)26-19-30-34(25-12-8-5-9-13-25)28(35)27(26)36-21-23-10-6-4-7-11-23;1-34-25-9-7-22(8-10-25)12-18-36-27-26(19-29-32(28(27)33)24-5-3-2-4-6-24)31-15-13-30(14-16-31)20-23-11-17-35-21-23;1-3-21(2)20-30-13-15-31(16-14-30)26-19-29-32(24-11-5-4-6-12-24)28(33)27(26)34-25-17-22-9-7-8-10-23(22)18-25/h1-10,17-19H,11-16,20-21H2;4-13,18-19H,3,14-17,20-21H2,1-2H3;2-11,17,19,21H,12-16,18,20H2,1H3;4-12,19,21,25H,3,13-18,20H2,1-2H3. The predicted molar refractivity (Wildman–Crippen MR) is 558 cm³/mol. The molecule has 1 aliphatic carbocycles. The third kappa shape index (κ3) is 24.8. The summed E-state index contributed by atoms with van der Waals surface area (Å²) in [5.41, 5.74) is 15.4. The average Bonchev–Trinajstić information content (AvgIpc) is 1.17. The van der Waals surface area contributed by atoms with Crippen LogP contribution in [-0.2, 0) is 58.7 Å². The first-order valence-corrected chi connectivity index (χ1v) is 49.9. The van der Waals surface area contributed by atoms with Gasteiger partial charge in [0.1, 0.15) is 61.0 Å². The zero-order valence-corrected chi connectivity index (χ0v) is 82.5. The molecule has 15 aromatic rings. The number of methoxy groups -OCH3 is 1. The number of nitrogens with zero attached hydrogens (tertiary/aromatic N) is 19. The lowest BCUT2D eigenvalue weighted by Crippen LogP contribution is -2.48. The maximum absolute atomic E-state index is 13.7. The molecule has 4 saturated heterocycles. The monoisotopic (exact) mass is 1940 g/mol. The van der Waals surface area contributed by atoms with Crippen molar-refractivity contribution >= 4 is 22.7 Å². The summed E-state index contributed by atoms with van der Waals surface area (Å²) in [4.78, 5) is 77.1. The van der Waals surface area contributed by atoms with Crippen molar-refractivity contribution < 1.29 is 37.6 Å². The Morgan fingerprint density at radius 2 is 0.819 bits per heavy atom. The van der Waals surface area contributed by atoms with Crippen molar-refractivity contribution in [1.82, 2.24) is 73.5 Å². The molecule has 4 fully saturated rings. The van der Waals surface area contributed by atoms with Gasteiger partial charge < -0.3 is 57.2 Å². The number of aromatic nitrogens is 11. The first-order chi connectivity index (χ1) is 70.7. The van der Waals surface area contributed by atoms with Crippen LogP contribution in [0.15, 0.2) is 316 Å². The van der Waals surface area contributed by atoms with Crippen LogP contribution in [0.4, 0.5) is 22.7 Å². The van der Waals surface area contributed by atoms with Gasteiger partial charge in [-0.25, -0.2) is 0 Å². The summed E-state index contributed by atoms with van der Waals surface area (Å²) in [7, 11) is 1.65. The summed E-state index contributed by atoms with van der Waals surface area (Å²) in [5.74, 6) is 4.53. The minimum atomic E-state index is -0.281. The minimum absolute atomic E-state index is 0.0397. The van der Waals surface area contributed by atoms with Crippen LogP contribution in [0.3, 0.4) is 0 Å². The van der Waals surface area contributed by atoms with E-state index < -0.39 is 0 Å². The number of rotatable bonds is 31. The number of anilines is 4. The first-order valence-electron chi connectivity index (χ1n) is 49.9. The Hall–Kier alpha value is -15.4. The van der Waals surface area contributed by atoms with Crippen molar-refractivity contribution in [3.05, 3.63) is 384 Å². The zero-order chi connectivity index (χ0) is 98.9. The van der Waals surface area contributed by atoms with E-state index in [1.165, 1.54) is 53.1 Å². The van der Waals surface area contributed by atoms with Crippen LogP contribution in [0.25, 0.3) is 22.7 Å². The highest BCUT2D eigenvalue weighted by atomic mass is 16.6. The lowest BCUT2D eigenvalue weighted by Gasteiger charge is -2.37. The number of furan rings is 1. The SMILES string of the molecule is CCC(C)CN1CCN(c2cnn(-c3ccccc3)c(=O)c2OC2Cc3ccccc3C2)CC1.CCn1ncc(CN2CCN(c3cnn(-c4ccccc4)c(=O)c3OCc3ccccc3)CC2)c1C.COc1ccc(CCOc2c(N3CCN(Cc4ccoc4)CC3)cnn(-c3ccccc3)c2=O)cc1.O=c1c(OCc2cccnc2)c(N2CCN(Cc3ccc4c(c3)OCCO4)CC2)cnn1-c1ccccc1. The highest BCUT2D eigenvalue weighted by Crippen LogP contribution is 2.36. The van der Waals surface area contributed by atoms with E-state index in [0.29, 0.717) is 84.5 Å². The number of para-hydroxylation sites is 4. The zero-order valence-electron chi connectivity index (χ0n) is 82.5. The molecule has 31 heteroatoms. The van der Waals surface area contributed by atoms with Crippen molar-refractivity contribution in [3.63, 3.8) is 0 Å². The molecular formula is C113H125N19O12. The third-order valence-corrected chi connectivity index (χ3v) is 27.1. The normalized spacial score (nSPS) is 15.3. The maximum atomic E-state index is 13.7. The molecule has 744 valence electrons. The first kappa shape index (κ1) is 98.7. The van der Waals surface area contributed by atoms with Crippen LogP contribution in [0.2, 0.25) is 0 Å². The van der Waals surface area contributed by atoms with Gasteiger partial charge in [-0.2, -0.15) is 44.2 Å². The molecule has 0 bridgehead atoms. The van der Waals surface area contributed by atoms with E-state index in [2.05, 4.69) is 134 Å². The second kappa shape index (κ2) is 48.4. The van der Waals surface area contributed by atoms with Crippen LogP contribution < -0.4 is 75.0 Å². The van der Waals surface area contributed by atoms with Gasteiger partial charge in [-0.15, -0.1) is 0 Å². The molecule has 0 N–H and O–H groups in total. The molecule has 144 heavy (non-hydrogen) atoms. The molecular weight excluding hydrogens is 1820 g/mol. The summed E-state index contributed by atoms with van der Waals surface area (Å²) in [6.07, 6.45) is 19.5. The maximum Gasteiger partial charge on any atom is 0.316 e. The van der Waals surface area contributed by atoms with E-state index in [4.69, 9.17) is 37.6 Å². The van der Waals surface area contributed by atoms with Gasteiger partial charge >= 0.3 is 22.2 Å². The Bertz CT molecular complexity index is 6870. The molecule has 7 aromatic heterocycles. The lowest BCUT2D eigenvalue weighted by atomic mass is 10.1. The highest BCUT2D eigenvalue weighted by molar-refractivity contribution is 5.61. The number of fused-ring (bicyclic) bond motifs is 2. The molecule has 0 radical (unpaired) electrons. The van der Waals surface area contributed by atoms with E-state index in [0.717, 1.165) is 213 Å². The molecule has 5 aliphatic heterocycles. The minimum Gasteiger partial charge on any atom is -0.497 e. The quantitative estimate of drug-likeness (QED) is 0.0390. The number of benzene rings is 8. The van der Waals surface area contributed by atoms with Gasteiger partial charge in [0.15, 0.2) is 11.5 Å². The molecule has 0 spiro atoms. The van der Waals surface area contributed by atoms with Crippen LogP contribution in [0.1, 0.15) is 77.4 Å². The molecule has 0 amide bonds. The van der Waals surface area contributed by atoms with Crippen LogP contribution in [0.5, 0.6) is 40.2 Å². The number of piperazine rings is 4. The number of aryl methyl sites for hydroxylation is 1. The summed E-state index contributed by atoms with van der Waals surface area (Å²) in [5, 5.41) is 22.5. The summed E-state index contributed by atoms with van der Waals surface area (Å²) < 4.78 is 54.6. The predicted octanol–water partition coefficient (Wildman–Crippen LogP) is 14.7. The van der Waals surface area contributed by atoms with Gasteiger partial charge in [0, 0.05) is 191 Å². The molecule has 1 atom stereocenters. The van der Waals surface area contributed by atoms with E-state index in [-0.39, 0.29) is 34.9 Å². The van der Waals surface area contributed by atoms with Crippen molar-refractivity contribution in [2.75, 3.05) is 158 Å². The summed E-state index contributed by atoms with van der Waals surface area (Å²) in [6.45, 7) is 29.1. The van der Waals surface area contributed by atoms with Gasteiger partial charge in [-0.05, 0) is 133 Å². The Morgan fingerprint density at radius 1 is 0.396 bits per heavy atom. The van der Waals surface area contributed by atoms with Gasteiger partial charge in [-0.1, -0.05) is 172 Å². The number of hydrogen-bond acceptors (Lipinski definition) is 26. The van der Waals surface area contributed by atoms with Gasteiger partial charge in [-0.3, -0.25) is 48.4 Å². The van der Waals surface area contributed by atoms with Crippen molar-refractivity contribution in [1.29, 1.82) is 0 Å². The fraction of sp³-hybridized carbons (Fsp3) is 0.327. The van der Waals surface area contributed by atoms with Crippen LogP contribution in [0, 0.1) is 12.8 Å². The van der Waals surface area contributed by atoms with Crippen LogP contribution in [-0.4, -0.2) is 218 Å². The van der Waals surface area contributed by atoms with E-state index in [1.54, 1.807) is 50.6 Å². The second-order valence-corrected chi connectivity index (χ2v) is 36.7. The summed E-state index contributed by atoms with van der Waals surface area (Å²) >= 11 is 0. The molecule has 31 nitrogen and oxygen atoms in total. The van der Waals surface area contributed by atoms with E-state index in [9.17, 15) is 19.2 Å². The summed E-state index contributed by atoms with van der Waals surface area (Å²) in [6, 6.07) is 76.0. The molecule has 1 unspecified atom stereocenters. The molecule has 21 rings (SSSR count). The Labute approximate surface area is 838 Å². The Morgan fingerprint density at radius 3 is 1.27 bits per heavy atom. The van der Waals surface area contributed by atoms with Gasteiger partial charge in [0.05, 0.1) is 80.0 Å². The second-order valence-electron chi connectivity index (χ2n) is 36.7. The van der Waals surface area contributed by atoms with Crippen molar-refractivity contribution in [2.24, 2.45) is 5.92 Å². The van der Waals surface area contributed by atoms with Gasteiger partial charge in [0.2, 0.25) is 23.0 Å². The van der Waals surface area contributed by atoms with Crippen molar-refractivity contribution in [2.45, 2.75) is 98.9 Å². The molecule has 6 aliphatic rings. The number of hydrogen-bond donors (Lipinski definition) is 0. The number of pyridine rings is 1. The van der Waals surface area contributed by atoms with E-state index in [1.807, 2.05) is 217 Å². The Kier molecular flexibility index (Phi) is 33.2. The van der Waals surface area contributed by atoms with Crippen molar-refractivity contribution in [3.8, 4) is 63.0 Å². The Balaban J connectivity index is 0.000000126. The molecule has 0 saturated carbocycles. The van der Waals surface area contributed by atoms with Crippen LogP contribution >= 0.6 is 0 Å². The van der Waals surface area contributed by atoms with Gasteiger partial charge in [0.25, 0.3) is 0 Å². The molecule has 12 heterocycles. The third-order valence-electron chi connectivity index (χ3n) is 27.1. The highest BCUT2D eigenvalue weighted by Gasteiger charge is 2.33. The fourth-order valence-corrected chi connectivity index (χ4v) is 18.8. The topological polar surface area (TPSA) is 274 Å².